The Kier molecular flexibility index (Phi) is 15.1. The normalized spacial score (nSPS) is 10.9. The molecule has 0 saturated heterocycles. The number of phenols is 1. The van der Waals surface area contributed by atoms with E-state index in [0.717, 1.165) is 22.3 Å². The van der Waals surface area contributed by atoms with Crippen molar-refractivity contribution in [3.8, 4) is 28.7 Å². The molecule has 2 N–H and O–H groups in total. The van der Waals surface area contributed by atoms with Crippen molar-refractivity contribution >= 4 is 39.8 Å². The maximum atomic E-state index is 13.8. The summed E-state index contributed by atoms with van der Waals surface area (Å²) < 4.78 is 34.5. The average molecular weight is 946 g/mol. The van der Waals surface area contributed by atoms with Gasteiger partial charge in [-0.25, -0.2) is 19.2 Å². The Balaban J connectivity index is 1.18. The van der Waals surface area contributed by atoms with Gasteiger partial charge in [0.25, 0.3) is 0 Å². The van der Waals surface area contributed by atoms with Crippen LogP contribution in [0.4, 0.5) is 0 Å². The number of carbonyl (C=O) groups excluding carboxylic acids is 4. The van der Waals surface area contributed by atoms with E-state index >= 15 is 0 Å². The zero-order valence-corrected chi connectivity index (χ0v) is 38.9. The van der Waals surface area contributed by atoms with Crippen molar-refractivity contribution in [1.82, 2.24) is 0 Å². The van der Waals surface area contributed by atoms with Crippen LogP contribution in [0.3, 0.4) is 0 Å². The number of aryl methyl sites for hydroxylation is 4. The van der Waals surface area contributed by atoms with Crippen LogP contribution in [0.2, 0.25) is 0 Å². The summed E-state index contributed by atoms with van der Waals surface area (Å²) in [4.78, 5) is 54.6. The van der Waals surface area contributed by atoms with Gasteiger partial charge >= 0.3 is 23.9 Å². The second-order valence-electron chi connectivity index (χ2n) is 15.5. The van der Waals surface area contributed by atoms with Gasteiger partial charge in [0, 0.05) is 11.6 Å². The molecule has 0 aliphatic heterocycles. The Morgan fingerprint density at radius 2 is 1.18 bits per heavy atom. The summed E-state index contributed by atoms with van der Waals surface area (Å²) in [6.07, 6.45) is 0. The number of benzene rings is 6. The molecule has 0 radical (unpaired) electrons. The summed E-state index contributed by atoms with van der Waals surface area (Å²) in [7, 11) is 1.42. The van der Waals surface area contributed by atoms with Crippen molar-refractivity contribution in [3.05, 3.63) is 179 Å². The quantitative estimate of drug-likeness (QED) is 0.0741. The molecule has 0 unspecified atom stereocenters. The fourth-order valence-electron chi connectivity index (χ4n) is 7.33. The Morgan fingerprint density at radius 1 is 0.569 bits per heavy atom. The molecule has 0 aromatic heterocycles. The number of hydrogen-bond donors (Lipinski definition) is 2. The van der Waals surface area contributed by atoms with Crippen LogP contribution in [0, 0.1) is 48.5 Å². The van der Waals surface area contributed by atoms with Crippen LogP contribution in [0.5, 0.6) is 28.7 Å². The number of ether oxygens (including phenoxy) is 6. The van der Waals surface area contributed by atoms with Gasteiger partial charge in [0.05, 0.1) is 24.8 Å². The van der Waals surface area contributed by atoms with Crippen LogP contribution < -0.4 is 18.9 Å². The van der Waals surface area contributed by atoms with E-state index in [4.69, 9.17) is 28.4 Å². The van der Waals surface area contributed by atoms with Crippen molar-refractivity contribution in [2.24, 2.45) is 0 Å². The van der Waals surface area contributed by atoms with Gasteiger partial charge in [-0.05, 0) is 138 Å². The number of rotatable bonds is 15. The summed E-state index contributed by atoms with van der Waals surface area (Å²) in [6.45, 7) is 11.5. The van der Waals surface area contributed by atoms with Gasteiger partial charge in [-0.15, -0.1) is 0 Å². The van der Waals surface area contributed by atoms with Crippen LogP contribution in [0.15, 0.2) is 95.5 Å². The van der Waals surface area contributed by atoms with Crippen molar-refractivity contribution < 1.29 is 57.8 Å². The van der Waals surface area contributed by atoms with Crippen LogP contribution in [-0.2, 0) is 35.9 Å². The molecular weight excluding hydrogens is 896 g/mol. The van der Waals surface area contributed by atoms with E-state index in [9.17, 15) is 29.4 Å². The van der Waals surface area contributed by atoms with Gasteiger partial charge in [0.15, 0.2) is 5.75 Å². The minimum Gasteiger partial charge on any atom is -0.506 e. The van der Waals surface area contributed by atoms with Crippen LogP contribution in [0.1, 0.15) is 103 Å². The molecule has 0 amide bonds. The molecule has 6 rings (SSSR count). The molecule has 12 nitrogen and oxygen atoms in total. The Bertz CT molecular complexity index is 2770. The molecule has 0 fully saturated rings. The number of hydrogen-bond acceptors (Lipinski definition) is 12. The smallest absolute Gasteiger partial charge is 0.347 e. The number of aliphatic hydroxyl groups is 1. The largest absolute Gasteiger partial charge is 0.506 e. The lowest BCUT2D eigenvalue weighted by atomic mass is 9.93. The molecular formula is C52H49BrO12. The molecule has 336 valence electrons. The average Bonchev–Trinajstić information content (AvgIpc) is 3.29. The molecule has 0 spiro atoms. The van der Waals surface area contributed by atoms with Gasteiger partial charge in [0.1, 0.15) is 58.4 Å². The lowest BCUT2D eigenvalue weighted by molar-refractivity contribution is 0.0427. The topological polar surface area (TPSA) is 164 Å². The Hall–Kier alpha value is -6.96. The number of phenolic OH excluding ortho intramolecular Hbond substituents is 1. The molecule has 65 heavy (non-hydrogen) atoms. The number of aliphatic hydroxyl groups excluding tert-OH is 1. The standard InChI is InChI=1S/C52H49BrO12/c1-28-19-29(2)40(44(32(28)5)50(57)62-26-36-17-13-10-14-18-36)27-63-49(56)39-21-30(3)41(22-37(39)24-54)64-52(59)45-33(6)34(7)48(46(53)47(45)55)65-51(58)43-31(4)20-38(23-42(43)60-8)61-25-35-15-11-9-12-16-35/h9-23,54-55H,24-27H2,1-8H3. The minimum atomic E-state index is -0.954. The third-order valence-electron chi connectivity index (χ3n) is 11.2. The van der Waals surface area contributed by atoms with E-state index < -0.39 is 36.2 Å². The van der Waals surface area contributed by atoms with E-state index in [-0.39, 0.29) is 62.8 Å². The zero-order chi connectivity index (χ0) is 47.1. The van der Waals surface area contributed by atoms with Crippen LogP contribution in [-0.4, -0.2) is 41.2 Å². The van der Waals surface area contributed by atoms with Crippen molar-refractivity contribution in [3.63, 3.8) is 0 Å². The number of carbonyl (C=O) groups is 4. The molecule has 0 saturated carbocycles. The van der Waals surface area contributed by atoms with E-state index in [2.05, 4.69) is 15.9 Å². The molecule has 0 aliphatic carbocycles. The minimum absolute atomic E-state index is 0.00546. The third kappa shape index (κ3) is 10.5. The van der Waals surface area contributed by atoms with Crippen molar-refractivity contribution in [2.75, 3.05) is 7.11 Å². The summed E-state index contributed by atoms with van der Waals surface area (Å²) in [5, 5.41) is 21.7. The molecule has 6 aromatic rings. The monoisotopic (exact) mass is 944 g/mol. The predicted molar refractivity (Wildman–Crippen MR) is 246 cm³/mol. The molecule has 0 aliphatic rings. The second-order valence-corrected chi connectivity index (χ2v) is 16.3. The highest BCUT2D eigenvalue weighted by Crippen LogP contribution is 2.43. The third-order valence-corrected chi connectivity index (χ3v) is 11.9. The van der Waals surface area contributed by atoms with Gasteiger partial charge in [0.2, 0.25) is 0 Å². The van der Waals surface area contributed by atoms with E-state index in [1.54, 1.807) is 46.8 Å². The lowest BCUT2D eigenvalue weighted by Crippen LogP contribution is -2.17. The zero-order valence-electron chi connectivity index (χ0n) is 37.3. The highest BCUT2D eigenvalue weighted by atomic mass is 79.9. The van der Waals surface area contributed by atoms with E-state index in [1.165, 1.54) is 19.2 Å². The first-order valence-corrected chi connectivity index (χ1v) is 21.4. The molecule has 0 bridgehead atoms. The Morgan fingerprint density at radius 3 is 1.82 bits per heavy atom. The van der Waals surface area contributed by atoms with Gasteiger partial charge in [-0.2, -0.15) is 0 Å². The van der Waals surface area contributed by atoms with Crippen LogP contribution >= 0.6 is 15.9 Å². The SMILES string of the molecule is COc1cc(OCc2ccccc2)cc(C)c1C(=O)Oc1c(C)c(C)c(C(=O)Oc2cc(CO)c(C(=O)OCc3c(C)cc(C)c(C)c3C(=O)OCc3ccccc3)cc2C)c(O)c1Br. The Labute approximate surface area is 385 Å². The number of esters is 4. The van der Waals surface area contributed by atoms with Crippen LogP contribution in [0.25, 0.3) is 0 Å². The number of halogens is 1. The lowest BCUT2D eigenvalue weighted by Gasteiger charge is -2.19. The maximum Gasteiger partial charge on any atom is 0.347 e. The first-order chi connectivity index (χ1) is 31.0. The predicted octanol–water partition coefficient (Wildman–Crippen LogP) is 10.5. The molecule has 13 heteroatoms. The van der Waals surface area contributed by atoms with E-state index in [1.807, 2.05) is 80.6 Å². The fourth-order valence-corrected chi connectivity index (χ4v) is 7.90. The number of methoxy groups -OCH3 is 1. The van der Waals surface area contributed by atoms with Gasteiger partial charge < -0.3 is 38.6 Å². The molecule has 0 atom stereocenters. The summed E-state index contributed by atoms with van der Waals surface area (Å²) in [6, 6.07) is 26.9. The van der Waals surface area contributed by atoms with Crippen molar-refractivity contribution in [2.45, 2.75) is 74.9 Å². The highest BCUT2D eigenvalue weighted by molar-refractivity contribution is 9.10. The second kappa shape index (κ2) is 20.7. The van der Waals surface area contributed by atoms with Crippen molar-refractivity contribution in [1.29, 1.82) is 0 Å². The van der Waals surface area contributed by atoms with E-state index in [0.29, 0.717) is 45.7 Å². The first kappa shape index (κ1) is 47.5. The first-order valence-electron chi connectivity index (χ1n) is 20.6. The van der Waals surface area contributed by atoms with Gasteiger partial charge in [-0.1, -0.05) is 66.7 Å². The van der Waals surface area contributed by atoms with Gasteiger partial charge in [-0.3, -0.25) is 0 Å². The molecule has 0 heterocycles. The fraction of sp³-hybridized carbons (Fsp3) is 0.231. The summed E-state index contributed by atoms with van der Waals surface area (Å²) in [5.41, 5.74) is 6.40. The highest BCUT2D eigenvalue weighted by Gasteiger charge is 2.30. The summed E-state index contributed by atoms with van der Waals surface area (Å²) >= 11 is 3.32. The molecule has 6 aromatic carbocycles. The number of aromatic hydroxyl groups is 1. The maximum absolute atomic E-state index is 13.8. The summed E-state index contributed by atoms with van der Waals surface area (Å²) in [5.74, 6) is -2.92.